The number of hydrogen-bond acceptors (Lipinski definition) is 6. The van der Waals surface area contributed by atoms with Crippen LogP contribution in [0.3, 0.4) is 0 Å². The number of pyridine rings is 1. The number of nitrogens with two attached hydrogens (primary N) is 1. The van der Waals surface area contributed by atoms with E-state index >= 15 is 0 Å². The van der Waals surface area contributed by atoms with E-state index in [1.165, 1.54) is 0 Å². The number of carbonyl (C=O) groups excluding carboxylic acids is 2. The predicted octanol–water partition coefficient (Wildman–Crippen LogP) is 6.66. The molecule has 0 atom stereocenters. The predicted molar refractivity (Wildman–Crippen MR) is 161 cm³/mol. The summed E-state index contributed by atoms with van der Waals surface area (Å²) >= 11 is 0. The Hall–Kier alpha value is -5.04. The highest BCUT2D eigenvalue weighted by Crippen LogP contribution is 2.49. The number of carbonyl (C=O) groups is 2. The molecule has 0 bridgehead atoms. The van der Waals surface area contributed by atoms with E-state index in [1.807, 2.05) is 62.4 Å². The topological polar surface area (TPSA) is 108 Å². The second kappa shape index (κ2) is 11.1. The Labute approximate surface area is 244 Å². The van der Waals surface area contributed by atoms with Gasteiger partial charge in [-0.2, -0.15) is 0 Å². The van der Waals surface area contributed by atoms with E-state index in [0.29, 0.717) is 24.4 Å². The fourth-order valence-electron chi connectivity index (χ4n) is 5.38. The minimum absolute atomic E-state index is 0.125. The van der Waals surface area contributed by atoms with Crippen LogP contribution in [-0.4, -0.2) is 28.6 Å². The number of primary amides is 1. The van der Waals surface area contributed by atoms with Gasteiger partial charge in [0.25, 0.3) is 0 Å². The van der Waals surface area contributed by atoms with Gasteiger partial charge in [0.15, 0.2) is 5.76 Å². The maximum absolute atomic E-state index is 12.5. The molecular weight excluding hydrogens is 526 g/mol. The summed E-state index contributed by atoms with van der Waals surface area (Å²) in [5.41, 5.74) is 13.7. The van der Waals surface area contributed by atoms with E-state index in [-0.39, 0.29) is 5.97 Å². The molecule has 1 fully saturated rings. The number of aryl methyl sites for hydroxylation is 1. The van der Waals surface area contributed by atoms with E-state index in [1.54, 1.807) is 18.2 Å². The van der Waals surface area contributed by atoms with Crippen molar-refractivity contribution in [1.29, 1.82) is 0 Å². The lowest BCUT2D eigenvalue weighted by Crippen LogP contribution is -2.23. The van der Waals surface area contributed by atoms with E-state index in [9.17, 15) is 9.59 Å². The molecule has 2 N–H and O–H groups in total. The zero-order chi connectivity index (χ0) is 29.3. The SMILES string of the molecule is CCOC(=O)C1(c2ccc(-c3ccc(-c4onc(C)c4Cc4cccc(-c5cccc(C(N)=O)c5)n4)cc3)cc2)CC1. The number of aromatic nitrogens is 2. The molecule has 2 heterocycles. The van der Waals surface area contributed by atoms with Crippen LogP contribution in [-0.2, 0) is 21.4 Å². The highest BCUT2D eigenvalue weighted by molar-refractivity contribution is 5.94. The Bertz CT molecular complexity index is 1770. The van der Waals surface area contributed by atoms with Gasteiger partial charge in [-0.15, -0.1) is 0 Å². The molecule has 0 radical (unpaired) electrons. The average molecular weight is 558 g/mol. The number of ether oxygens (including phenoxy) is 1. The summed E-state index contributed by atoms with van der Waals surface area (Å²) in [5, 5.41) is 4.26. The van der Waals surface area contributed by atoms with Crippen molar-refractivity contribution in [3.63, 3.8) is 0 Å². The Morgan fingerprint density at radius 3 is 2.21 bits per heavy atom. The third kappa shape index (κ3) is 5.21. The molecule has 1 aliphatic carbocycles. The van der Waals surface area contributed by atoms with Crippen molar-refractivity contribution >= 4 is 11.9 Å². The van der Waals surface area contributed by atoms with Crippen molar-refractivity contribution < 1.29 is 18.8 Å². The van der Waals surface area contributed by atoms with Crippen molar-refractivity contribution in [3.8, 4) is 33.7 Å². The molecule has 210 valence electrons. The summed E-state index contributed by atoms with van der Waals surface area (Å²) in [5.74, 6) is 0.114. The van der Waals surface area contributed by atoms with Crippen LogP contribution in [0.1, 0.15) is 52.6 Å². The first-order valence-corrected chi connectivity index (χ1v) is 14.1. The molecule has 5 aromatic rings. The molecule has 42 heavy (non-hydrogen) atoms. The summed E-state index contributed by atoms with van der Waals surface area (Å²) < 4.78 is 11.1. The highest BCUT2D eigenvalue weighted by atomic mass is 16.5. The number of esters is 1. The van der Waals surface area contributed by atoms with Gasteiger partial charge in [0.2, 0.25) is 5.91 Å². The van der Waals surface area contributed by atoms with Crippen LogP contribution in [0, 0.1) is 6.92 Å². The summed E-state index contributed by atoms with van der Waals surface area (Å²) in [7, 11) is 0. The summed E-state index contributed by atoms with van der Waals surface area (Å²) in [6, 6.07) is 29.4. The Morgan fingerprint density at radius 2 is 1.55 bits per heavy atom. The molecule has 1 amide bonds. The quantitative estimate of drug-likeness (QED) is 0.203. The minimum atomic E-state index is -0.471. The van der Waals surface area contributed by atoms with Crippen LogP contribution >= 0.6 is 0 Å². The first-order chi connectivity index (χ1) is 20.4. The number of hydrogen-bond donors (Lipinski definition) is 1. The maximum Gasteiger partial charge on any atom is 0.316 e. The van der Waals surface area contributed by atoms with Crippen LogP contribution in [0.4, 0.5) is 0 Å². The molecule has 7 nitrogen and oxygen atoms in total. The zero-order valence-electron chi connectivity index (χ0n) is 23.6. The van der Waals surface area contributed by atoms with Crippen molar-refractivity contribution in [2.45, 2.75) is 38.5 Å². The minimum Gasteiger partial charge on any atom is -0.465 e. The van der Waals surface area contributed by atoms with Crippen molar-refractivity contribution in [1.82, 2.24) is 10.1 Å². The van der Waals surface area contributed by atoms with E-state index < -0.39 is 11.3 Å². The molecule has 0 aliphatic heterocycles. The fourth-order valence-corrected chi connectivity index (χ4v) is 5.38. The molecule has 3 aromatic carbocycles. The lowest BCUT2D eigenvalue weighted by atomic mass is 9.93. The second-order valence-corrected chi connectivity index (χ2v) is 10.7. The third-order valence-corrected chi connectivity index (χ3v) is 7.93. The van der Waals surface area contributed by atoms with Gasteiger partial charge in [0.1, 0.15) is 0 Å². The summed E-state index contributed by atoms with van der Waals surface area (Å²) in [6.07, 6.45) is 2.21. The molecule has 2 aromatic heterocycles. The molecule has 1 saturated carbocycles. The standard InChI is InChI=1S/C35H31N3O4/c1-3-41-34(40)35(18-19-35)28-16-14-24(15-17-28)23-10-12-25(13-11-23)32-30(22(2)38-42-32)21-29-8-5-9-31(37-29)26-6-4-7-27(20-26)33(36)39/h4-17,20H,3,18-19,21H2,1-2H3,(H2,36,39). The van der Waals surface area contributed by atoms with Gasteiger partial charge >= 0.3 is 5.97 Å². The number of amides is 1. The van der Waals surface area contributed by atoms with Crippen LogP contribution in [0.25, 0.3) is 33.7 Å². The van der Waals surface area contributed by atoms with E-state index in [4.69, 9.17) is 20.0 Å². The zero-order valence-corrected chi connectivity index (χ0v) is 23.6. The van der Waals surface area contributed by atoms with E-state index in [0.717, 1.165) is 63.3 Å². The smallest absolute Gasteiger partial charge is 0.316 e. The van der Waals surface area contributed by atoms with Crippen molar-refractivity contribution in [2.75, 3.05) is 6.61 Å². The summed E-state index contributed by atoms with van der Waals surface area (Å²) in [4.78, 5) is 28.9. The maximum atomic E-state index is 12.5. The first-order valence-electron chi connectivity index (χ1n) is 14.1. The van der Waals surface area contributed by atoms with Gasteiger partial charge in [0, 0.05) is 34.4 Å². The monoisotopic (exact) mass is 557 g/mol. The lowest BCUT2D eigenvalue weighted by molar-refractivity contribution is -0.146. The summed E-state index contributed by atoms with van der Waals surface area (Å²) in [6.45, 7) is 4.17. The molecule has 6 rings (SSSR count). The normalized spacial score (nSPS) is 13.5. The lowest BCUT2D eigenvalue weighted by Gasteiger charge is -2.14. The Morgan fingerprint density at radius 1 is 0.881 bits per heavy atom. The fraction of sp³-hybridized carbons (Fsp3) is 0.200. The van der Waals surface area contributed by atoms with Gasteiger partial charge in [0.05, 0.1) is 23.4 Å². The van der Waals surface area contributed by atoms with E-state index in [2.05, 4.69) is 29.4 Å². The molecule has 0 saturated heterocycles. The van der Waals surface area contributed by atoms with Gasteiger partial charge in [-0.3, -0.25) is 14.6 Å². The number of benzene rings is 3. The van der Waals surface area contributed by atoms with Crippen molar-refractivity contribution in [2.24, 2.45) is 5.73 Å². The van der Waals surface area contributed by atoms with Crippen LogP contribution in [0.15, 0.2) is 95.5 Å². The molecule has 1 aliphatic rings. The Kier molecular flexibility index (Phi) is 7.17. The molecule has 7 heteroatoms. The average Bonchev–Trinajstić information content (AvgIpc) is 3.76. The third-order valence-electron chi connectivity index (χ3n) is 7.93. The van der Waals surface area contributed by atoms with Gasteiger partial charge in [-0.25, -0.2) is 0 Å². The van der Waals surface area contributed by atoms with Crippen LogP contribution < -0.4 is 5.73 Å². The molecular formula is C35H31N3O4. The van der Waals surface area contributed by atoms with Crippen LogP contribution in [0.5, 0.6) is 0 Å². The van der Waals surface area contributed by atoms with Gasteiger partial charge < -0.3 is 15.0 Å². The van der Waals surface area contributed by atoms with Gasteiger partial charge in [-0.1, -0.05) is 71.9 Å². The largest absolute Gasteiger partial charge is 0.465 e. The highest BCUT2D eigenvalue weighted by Gasteiger charge is 2.52. The molecule has 0 unspecified atom stereocenters. The number of rotatable bonds is 9. The van der Waals surface area contributed by atoms with Crippen molar-refractivity contribution in [3.05, 3.63) is 119 Å². The second-order valence-electron chi connectivity index (χ2n) is 10.7. The first kappa shape index (κ1) is 27.1. The number of nitrogens with zero attached hydrogens (tertiary/aromatic N) is 2. The van der Waals surface area contributed by atoms with Crippen LogP contribution in [0.2, 0.25) is 0 Å². The Balaban J connectivity index is 1.22. The molecule has 0 spiro atoms. The van der Waals surface area contributed by atoms with Gasteiger partial charge in [-0.05, 0) is 67.6 Å².